The zero-order valence-corrected chi connectivity index (χ0v) is 10.3. The van der Waals surface area contributed by atoms with Crippen molar-refractivity contribution in [3.8, 4) is 5.75 Å². The van der Waals surface area contributed by atoms with Crippen LogP contribution in [0.3, 0.4) is 0 Å². The predicted molar refractivity (Wildman–Crippen MR) is 68.2 cm³/mol. The molecule has 0 radical (unpaired) electrons. The molecule has 0 amide bonds. The standard InChI is InChI=1S/C13H17N3O2/c1-18-11-4-2-3-10(7-11)12(9-17)16-8-13-14-5-6-15-13/h2-7,12,16-17H,8-9H2,1H3,(H,14,15). The quantitative estimate of drug-likeness (QED) is 0.718. The number of ether oxygens (including phenoxy) is 1. The Morgan fingerprint density at radius 3 is 3.06 bits per heavy atom. The first-order valence-electron chi connectivity index (χ1n) is 5.80. The number of H-pyrrole nitrogens is 1. The monoisotopic (exact) mass is 247 g/mol. The van der Waals surface area contributed by atoms with Gasteiger partial charge in [-0.05, 0) is 17.7 Å². The Morgan fingerprint density at radius 2 is 2.39 bits per heavy atom. The molecule has 5 nitrogen and oxygen atoms in total. The molecule has 18 heavy (non-hydrogen) atoms. The smallest absolute Gasteiger partial charge is 0.120 e. The molecule has 0 aliphatic rings. The van der Waals surface area contributed by atoms with Crippen LogP contribution >= 0.6 is 0 Å². The van der Waals surface area contributed by atoms with Crippen LogP contribution in [0.15, 0.2) is 36.7 Å². The van der Waals surface area contributed by atoms with E-state index in [2.05, 4.69) is 15.3 Å². The molecule has 3 N–H and O–H groups in total. The number of benzene rings is 1. The number of aromatic amines is 1. The minimum Gasteiger partial charge on any atom is -0.497 e. The minimum absolute atomic E-state index is 0.0217. The predicted octanol–water partition coefficient (Wildman–Crippen LogP) is 1.24. The van der Waals surface area contributed by atoms with Crippen LogP contribution in [0.4, 0.5) is 0 Å². The number of nitrogens with zero attached hydrogens (tertiary/aromatic N) is 1. The maximum Gasteiger partial charge on any atom is 0.120 e. The average molecular weight is 247 g/mol. The van der Waals surface area contributed by atoms with Gasteiger partial charge in [-0.15, -0.1) is 0 Å². The Morgan fingerprint density at radius 1 is 1.50 bits per heavy atom. The third kappa shape index (κ3) is 3.09. The van der Waals surface area contributed by atoms with E-state index in [4.69, 9.17) is 4.74 Å². The van der Waals surface area contributed by atoms with E-state index in [0.717, 1.165) is 17.1 Å². The van der Waals surface area contributed by atoms with Crippen molar-refractivity contribution >= 4 is 0 Å². The fraction of sp³-hybridized carbons (Fsp3) is 0.308. The molecule has 1 unspecified atom stereocenters. The molecule has 1 aromatic carbocycles. The highest BCUT2D eigenvalue weighted by molar-refractivity contribution is 5.30. The second-order valence-electron chi connectivity index (χ2n) is 3.93. The molecule has 1 atom stereocenters. The van der Waals surface area contributed by atoms with Crippen molar-refractivity contribution in [1.82, 2.24) is 15.3 Å². The molecule has 1 aromatic heterocycles. The van der Waals surface area contributed by atoms with Gasteiger partial charge in [0.1, 0.15) is 11.6 Å². The first-order valence-corrected chi connectivity index (χ1v) is 5.80. The van der Waals surface area contributed by atoms with Crippen LogP contribution in [0.5, 0.6) is 5.75 Å². The molecule has 0 aliphatic heterocycles. The first-order chi connectivity index (χ1) is 8.83. The van der Waals surface area contributed by atoms with Gasteiger partial charge in [0.2, 0.25) is 0 Å². The lowest BCUT2D eigenvalue weighted by molar-refractivity contribution is 0.242. The van der Waals surface area contributed by atoms with Crippen molar-refractivity contribution in [2.24, 2.45) is 0 Å². The van der Waals surface area contributed by atoms with E-state index in [-0.39, 0.29) is 12.6 Å². The molecule has 96 valence electrons. The summed E-state index contributed by atoms with van der Waals surface area (Å²) < 4.78 is 5.17. The Bertz CT molecular complexity index is 471. The number of methoxy groups -OCH3 is 1. The van der Waals surface area contributed by atoms with E-state index in [1.54, 1.807) is 19.5 Å². The van der Waals surface area contributed by atoms with Crippen LogP contribution in [0.2, 0.25) is 0 Å². The fourth-order valence-corrected chi connectivity index (χ4v) is 1.76. The van der Waals surface area contributed by atoms with Crippen molar-refractivity contribution in [3.05, 3.63) is 48.0 Å². The minimum atomic E-state index is -0.134. The van der Waals surface area contributed by atoms with E-state index in [1.165, 1.54) is 0 Å². The normalized spacial score (nSPS) is 12.3. The summed E-state index contributed by atoms with van der Waals surface area (Å²) in [5, 5.41) is 12.7. The van der Waals surface area contributed by atoms with Gasteiger partial charge in [-0.3, -0.25) is 0 Å². The number of aliphatic hydroxyl groups is 1. The van der Waals surface area contributed by atoms with Crippen molar-refractivity contribution in [3.63, 3.8) is 0 Å². The van der Waals surface area contributed by atoms with Gasteiger partial charge < -0.3 is 20.1 Å². The van der Waals surface area contributed by atoms with Crippen LogP contribution in [-0.2, 0) is 6.54 Å². The van der Waals surface area contributed by atoms with Gasteiger partial charge in [0, 0.05) is 12.4 Å². The molecule has 2 aromatic rings. The van der Waals surface area contributed by atoms with E-state index in [9.17, 15) is 5.11 Å². The largest absolute Gasteiger partial charge is 0.497 e. The van der Waals surface area contributed by atoms with E-state index in [1.807, 2.05) is 24.3 Å². The molecule has 2 rings (SSSR count). The number of rotatable bonds is 6. The Kier molecular flexibility index (Phi) is 4.33. The molecule has 0 aliphatic carbocycles. The van der Waals surface area contributed by atoms with Gasteiger partial charge >= 0.3 is 0 Å². The third-order valence-electron chi connectivity index (χ3n) is 2.75. The van der Waals surface area contributed by atoms with Crippen molar-refractivity contribution in [2.75, 3.05) is 13.7 Å². The van der Waals surface area contributed by atoms with E-state index >= 15 is 0 Å². The van der Waals surface area contributed by atoms with E-state index < -0.39 is 0 Å². The molecular weight excluding hydrogens is 230 g/mol. The van der Waals surface area contributed by atoms with Crippen molar-refractivity contribution < 1.29 is 9.84 Å². The second-order valence-corrected chi connectivity index (χ2v) is 3.93. The SMILES string of the molecule is COc1cccc(C(CO)NCc2ncc[nH]2)c1. The highest BCUT2D eigenvalue weighted by Crippen LogP contribution is 2.19. The summed E-state index contributed by atoms with van der Waals surface area (Å²) in [5.74, 6) is 1.63. The number of imidazole rings is 1. The second kappa shape index (κ2) is 6.18. The maximum atomic E-state index is 9.44. The zero-order valence-electron chi connectivity index (χ0n) is 10.3. The van der Waals surface area contributed by atoms with Gasteiger partial charge in [0.15, 0.2) is 0 Å². The number of hydrogen-bond acceptors (Lipinski definition) is 4. The molecule has 0 fully saturated rings. The van der Waals surface area contributed by atoms with Gasteiger partial charge in [0.05, 0.1) is 26.3 Å². The van der Waals surface area contributed by atoms with E-state index in [0.29, 0.717) is 6.54 Å². The lowest BCUT2D eigenvalue weighted by Gasteiger charge is -2.16. The summed E-state index contributed by atoms with van der Waals surface area (Å²) in [6.45, 7) is 0.601. The fourth-order valence-electron chi connectivity index (χ4n) is 1.76. The summed E-state index contributed by atoms with van der Waals surface area (Å²) in [6, 6.07) is 7.52. The third-order valence-corrected chi connectivity index (χ3v) is 2.75. The number of aromatic nitrogens is 2. The average Bonchev–Trinajstić information content (AvgIpc) is 2.93. The summed E-state index contributed by atoms with van der Waals surface area (Å²) in [6.07, 6.45) is 3.48. The number of aliphatic hydroxyl groups excluding tert-OH is 1. The highest BCUT2D eigenvalue weighted by Gasteiger charge is 2.10. The first kappa shape index (κ1) is 12.6. The Balaban J connectivity index is 2.03. The van der Waals surface area contributed by atoms with Crippen LogP contribution in [0.1, 0.15) is 17.4 Å². The van der Waals surface area contributed by atoms with Crippen molar-refractivity contribution in [2.45, 2.75) is 12.6 Å². The maximum absolute atomic E-state index is 9.44. The molecular formula is C13H17N3O2. The van der Waals surface area contributed by atoms with Crippen LogP contribution < -0.4 is 10.1 Å². The van der Waals surface area contributed by atoms with Gasteiger partial charge in [-0.2, -0.15) is 0 Å². The van der Waals surface area contributed by atoms with Crippen LogP contribution in [0, 0.1) is 0 Å². The molecule has 0 bridgehead atoms. The molecule has 0 saturated carbocycles. The molecule has 1 heterocycles. The summed E-state index contributed by atoms with van der Waals surface area (Å²) in [5.41, 5.74) is 0.989. The highest BCUT2D eigenvalue weighted by atomic mass is 16.5. The molecule has 5 heteroatoms. The lowest BCUT2D eigenvalue weighted by Crippen LogP contribution is -2.24. The topological polar surface area (TPSA) is 70.2 Å². The summed E-state index contributed by atoms with van der Waals surface area (Å²) in [4.78, 5) is 7.14. The van der Waals surface area contributed by atoms with Gasteiger partial charge in [-0.25, -0.2) is 4.98 Å². The summed E-state index contributed by atoms with van der Waals surface area (Å²) in [7, 11) is 1.63. The van der Waals surface area contributed by atoms with Crippen molar-refractivity contribution in [1.29, 1.82) is 0 Å². The number of hydrogen-bond donors (Lipinski definition) is 3. The van der Waals surface area contributed by atoms with Gasteiger partial charge in [0.25, 0.3) is 0 Å². The lowest BCUT2D eigenvalue weighted by atomic mass is 10.1. The molecule has 0 saturated heterocycles. The summed E-state index contributed by atoms with van der Waals surface area (Å²) >= 11 is 0. The Labute approximate surface area is 106 Å². The Hall–Kier alpha value is -1.85. The number of nitrogens with one attached hydrogen (secondary N) is 2. The zero-order chi connectivity index (χ0) is 12.8. The van der Waals surface area contributed by atoms with Crippen LogP contribution in [-0.4, -0.2) is 28.8 Å². The molecule has 0 spiro atoms. The van der Waals surface area contributed by atoms with Gasteiger partial charge in [-0.1, -0.05) is 12.1 Å². The van der Waals surface area contributed by atoms with Crippen LogP contribution in [0.25, 0.3) is 0 Å².